The second-order valence-corrected chi connectivity index (χ2v) is 5.88. The molecule has 0 radical (unpaired) electrons. The fourth-order valence-corrected chi connectivity index (χ4v) is 3.06. The van der Waals surface area contributed by atoms with Gasteiger partial charge in [-0.1, -0.05) is 18.9 Å². The molecule has 1 aliphatic rings. The minimum Gasteiger partial charge on any atom is -0.391 e. The van der Waals surface area contributed by atoms with E-state index >= 15 is 0 Å². The minimum atomic E-state index is -0.636. The van der Waals surface area contributed by atoms with E-state index in [4.69, 9.17) is 5.73 Å². The molecular weight excluding hydrogens is 348 g/mol. The van der Waals surface area contributed by atoms with Crippen molar-refractivity contribution in [3.05, 3.63) is 38.3 Å². The lowest BCUT2D eigenvalue weighted by Gasteiger charge is -2.24. The highest BCUT2D eigenvalue weighted by Crippen LogP contribution is 2.34. The smallest absolute Gasteiger partial charge is 0.283 e. The van der Waals surface area contributed by atoms with E-state index in [1.807, 2.05) is 0 Å². The predicted molar refractivity (Wildman–Crippen MR) is 82.9 cm³/mol. The van der Waals surface area contributed by atoms with E-state index in [0.717, 1.165) is 25.7 Å². The summed E-state index contributed by atoms with van der Waals surface area (Å²) in [5.74, 6) is 0.206. The summed E-state index contributed by atoms with van der Waals surface area (Å²) in [6.45, 7) is 0. The molecule has 5 nitrogen and oxygen atoms in total. The molecule has 7 heteroatoms. The molecule has 2 rings (SSSR count). The van der Waals surface area contributed by atoms with Crippen molar-refractivity contribution in [3.63, 3.8) is 0 Å². The van der Waals surface area contributed by atoms with E-state index in [9.17, 15) is 15.2 Å². The van der Waals surface area contributed by atoms with Gasteiger partial charge >= 0.3 is 0 Å². The number of aliphatic hydroxyl groups is 1. The van der Waals surface area contributed by atoms with Crippen LogP contribution in [0.5, 0.6) is 0 Å². The highest BCUT2D eigenvalue weighted by Gasteiger charge is 2.29. The van der Waals surface area contributed by atoms with Gasteiger partial charge in [0.25, 0.3) is 5.69 Å². The van der Waals surface area contributed by atoms with E-state index in [-0.39, 0.29) is 24.0 Å². The quantitative estimate of drug-likeness (QED) is 0.632. The highest BCUT2D eigenvalue weighted by molar-refractivity contribution is 9.10. The van der Waals surface area contributed by atoms with Crippen LogP contribution < -0.4 is 5.73 Å². The molecule has 112 valence electrons. The molecule has 1 aromatic carbocycles. The number of aliphatic hydroxyl groups excluding tert-OH is 1. The van der Waals surface area contributed by atoms with Crippen LogP contribution in [-0.2, 0) is 0 Å². The van der Waals surface area contributed by atoms with E-state index < -0.39 is 17.1 Å². The first-order chi connectivity index (χ1) is 9.00. The minimum absolute atomic E-state index is 0. The summed E-state index contributed by atoms with van der Waals surface area (Å²) < 4.78 is 0.420. The number of nitro groups is 1. The largest absolute Gasteiger partial charge is 0.391 e. The SMILES string of the molecule is Cl.N[C@H](c1ccc(Br)c([N+](=O)[O-])c1)[C@@H](O)C1CCCC1. The average molecular weight is 366 g/mol. The van der Waals surface area contributed by atoms with Crippen LogP contribution in [0.2, 0.25) is 0 Å². The lowest BCUT2D eigenvalue weighted by molar-refractivity contribution is -0.385. The Morgan fingerprint density at radius 1 is 1.40 bits per heavy atom. The van der Waals surface area contributed by atoms with Crippen molar-refractivity contribution in [1.29, 1.82) is 0 Å². The van der Waals surface area contributed by atoms with E-state index in [1.54, 1.807) is 12.1 Å². The number of hydrogen-bond donors (Lipinski definition) is 2. The molecule has 0 unspecified atom stereocenters. The van der Waals surface area contributed by atoms with E-state index in [1.165, 1.54) is 6.07 Å². The van der Waals surface area contributed by atoms with Crippen LogP contribution in [0.3, 0.4) is 0 Å². The van der Waals surface area contributed by atoms with Gasteiger partial charge in [0.15, 0.2) is 0 Å². The molecule has 2 atom stereocenters. The van der Waals surface area contributed by atoms with Crippen LogP contribution >= 0.6 is 28.3 Å². The summed E-state index contributed by atoms with van der Waals surface area (Å²) in [5.41, 5.74) is 6.63. The Morgan fingerprint density at radius 2 is 2.00 bits per heavy atom. The summed E-state index contributed by atoms with van der Waals surface area (Å²) in [4.78, 5) is 10.4. The molecule has 3 N–H and O–H groups in total. The second kappa shape index (κ2) is 7.36. The Labute approximate surface area is 132 Å². The van der Waals surface area contributed by atoms with Crippen molar-refractivity contribution in [2.75, 3.05) is 0 Å². The van der Waals surface area contributed by atoms with Crippen molar-refractivity contribution in [3.8, 4) is 0 Å². The third-order valence-electron chi connectivity index (χ3n) is 3.80. The zero-order chi connectivity index (χ0) is 14.0. The number of hydrogen-bond acceptors (Lipinski definition) is 4. The van der Waals surface area contributed by atoms with Gasteiger partial charge in [0.05, 0.1) is 21.5 Å². The lowest BCUT2D eigenvalue weighted by atomic mass is 9.91. The van der Waals surface area contributed by atoms with E-state index in [0.29, 0.717) is 10.0 Å². The summed E-state index contributed by atoms with van der Waals surface area (Å²) in [6.07, 6.45) is 3.56. The molecular formula is C13H18BrClN2O3. The van der Waals surface area contributed by atoms with Crippen LogP contribution in [0, 0.1) is 16.0 Å². The van der Waals surface area contributed by atoms with Crippen LogP contribution in [0.4, 0.5) is 5.69 Å². The molecule has 0 aromatic heterocycles. The van der Waals surface area contributed by atoms with Gasteiger partial charge < -0.3 is 10.8 Å². The Bertz CT molecular complexity index is 481. The topological polar surface area (TPSA) is 89.4 Å². The maximum atomic E-state index is 10.9. The number of nitrogens with two attached hydrogens (primary N) is 1. The fourth-order valence-electron chi connectivity index (χ4n) is 2.67. The Kier molecular flexibility index (Phi) is 6.39. The van der Waals surface area contributed by atoms with Gasteiger partial charge in [-0.05, 0) is 46.3 Å². The standard InChI is InChI=1S/C13H17BrN2O3.ClH/c14-10-6-5-9(7-11(10)16(18)19)12(15)13(17)8-3-1-2-4-8;/h5-8,12-13,17H,1-4,15H2;1H/t12-,13+;/m1./s1. The summed E-state index contributed by atoms with van der Waals surface area (Å²) in [5, 5.41) is 21.2. The van der Waals surface area contributed by atoms with Crippen LogP contribution in [-0.4, -0.2) is 16.1 Å². The van der Waals surface area contributed by atoms with Crippen molar-refractivity contribution in [1.82, 2.24) is 0 Å². The van der Waals surface area contributed by atoms with E-state index in [2.05, 4.69) is 15.9 Å². The lowest BCUT2D eigenvalue weighted by Crippen LogP contribution is -2.31. The van der Waals surface area contributed by atoms with Gasteiger partial charge in [-0.2, -0.15) is 0 Å². The van der Waals surface area contributed by atoms with Gasteiger partial charge in [-0.3, -0.25) is 10.1 Å². The van der Waals surface area contributed by atoms with Crippen molar-refractivity contribution >= 4 is 34.0 Å². The summed E-state index contributed by atoms with van der Waals surface area (Å²) in [6, 6.07) is 4.19. The molecule has 0 spiro atoms. The fraction of sp³-hybridized carbons (Fsp3) is 0.538. The summed E-state index contributed by atoms with van der Waals surface area (Å²) in [7, 11) is 0. The Balaban J connectivity index is 0.00000200. The normalized spacial score (nSPS) is 18.4. The highest BCUT2D eigenvalue weighted by atomic mass is 79.9. The zero-order valence-electron chi connectivity index (χ0n) is 10.9. The molecule has 1 saturated carbocycles. The van der Waals surface area contributed by atoms with Crippen LogP contribution in [0.15, 0.2) is 22.7 Å². The molecule has 1 aromatic rings. The first-order valence-corrected chi connectivity index (χ1v) is 7.17. The van der Waals surface area contributed by atoms with Gasteiger partial charge in [0.1, 0.15) is 0 Å². The average Bonchev–Trinajstić information content (AvgIpc) is 2.91. The first kappa shape index (κ1) is 17.4. The molecule has 0 bridgehead atoms. The monoisotopic (exact) mass is 364 g/mol. The van der Waals surface area contributed by atoms with Crippen molar-refractivity contribution in [2.45, 2.75) is 37.8 Å². The third-order valence-corrected chi connectivity index (χ3v) is 4.47. The van der Waals surface area contributed by atoms with Crippen molar-refractivity contribution < 1.29 is 10.0 Å². The van der Waals surface area contributed by atoms with Gasteiger partial charge in [-0.15, -0.1) is 12.4 Å². The predicted octanol–water partition coefficient (Wildman–Crippen LogP) is 3.33. The molecule has 0 saturated heterocycles. The molecule has 20 heavy (non-hydrogen) atoms. The van der Waals surface area contributed by atoms with Gasteiger partial charge in [-0.25, -0.2) is 0 Å². The number of benzene rings is 1. The zero-order valence-corrected chi connectivity index (χ0v) is 13.3. The number of halogens is 2. The molecule has 1 fully saturated rings. The number of rotatable bonds is 4. The molecule has 0 amide bonds. The third kappa shape index (κ3) is 3.69. The van der Waals surface area contributed by atoms with Gasteiger partial charge in [0.2, 0.25) is 0 Å². The summed E-state index contributed by atoms with van der Waals surface area (Å²) >= 11 is 3.14. The maximum Gasteiger partial charge on any atom is 0.283 e. The number of nitro benzene ring substituents is 1. The van der Waals surface area contributed by atoms with Gasteiger partial charge in [0, 0.05) is 6.07 Å². The second-order valence-electron chi connectivity index (χ2n) is 5.03. The Hall–Kier alpha value is -0.690. The molecule has 0 heterocycles. The first-order valence-electron chi connectivity index (χ1n) is 6.38. The molecule has 0 aliphatic heterocycles. The molecule has 1 aliphatic carbocycles. The Morgan fingerprint density at radius 3 is 2.55 bits per heavy atom. The van der Waals surface area contributed by atoms with Crippen molar-refractivity contribution in [2.24, 2.45) is 11.7 Å². The van der Waals surface area contributed by atoms with Crippen LogP contribution in [0.1, 0.15) is 37.3 Å². The maximum absolute atomic E-state index is 10.9. The number of nitrogens with zero attached hydrogens (tertiary/aromatic N) is 1. The van der Waals surface area contributed by atoms with Crippen LogP contribution in [0.25, 0.3) is 0 Å².